The van der Waals surface area contributed by atoms with Crippen molar-refractivity contribution in [3.63, 3.8) is 0 Å². The van der Waals surface area contributed by atoms with Crippen molar-refractivity contribution in [2.45, 2.75) is 0 Å². The van der Waals surface area contributed by atoms with Crippen LogP contribution in [0.5, 0.6) is 11.5 Å². The highest BCUT2D eigenvalue weighted by atomic mass is 16.5. The predicted molar refractivity (Wildman–Crippen MR) is 107 cm³/mol. The van der Waals surface area contributed by atoms with E-state index in [9.17, 15) is 0 Å². The quantitative estimate of drug-likeness (QED) is 0.544. The molecule has 0 saturated carbocycles. The topological polar surface area (TPSA) is 88.7 Å². The summed E-state index contributed by atoms with van der Waals surface area (Å²) >= 11 is 0. The lowest BCUT2D eigenvalue weighted by molar-refractivity contribution is -0.749. The fourth-order valence-corrected chi connectivity index (χ4v) is 3.26. The number of aromatic nitrogens is 2. The molecule has 3 heterocycles. The summed E-state index contributed by atoms with van der Waals surface area (Å²) in [6.07, 6.45) is 6.92. The molecule has 3 N–H and O–H groups in total. The van der Waals surface area contributed by atoms with Gasteiger partial charge in [-0.3, -0.25) is 10.1 Å². The summed E-state index contributed by atoms with van der Waals surface area (Å²) < 4.78 is 5.83. The molecule has 3 aromatic rings. The average Bonchev–Trinajstić information content (AvgIpc) is 3.35. The van der Waals surface area contributed by atoms with Crippen LogP contribution in [0.3, 0.4) is 0 Å². The van der Waals surface area contributed by atoms with Gasteiger partial charge in [0, 0.05) is 6.20 Å². The number of quaternary nitrogens is 1. The van der Waals surface area contributed by atoms with E-state index in [1.54, 1.807) is 18.6 Å². The van der Waals surface area contributed by atoms with Gasteiger partial charge in [-0.2, -0.15) is 15.9 Å². The molecule has 2 aromatic carbocycles. The number of benzene rings is 2. The fraction of sp³-hybridized carbons (Fsp3) is 0. The molecular weight excluding hydrogens is 352 g/mol. The van der Waals surface area contributed by atoms with Crippen LogP contribution in [-0.4, -0.2) is 26.8 Å². The molecule has 5 rings (SSSR count). The number of nitrogens with two attached hydrogens (primary N) is 1. The highest BCUT2D eigenvalue weighted by molar-refractivity contribution is 6.06. The van der Waals surface area contributed by atoms with Gasteiger partial charge in [0.1, 0.15) is 17.7 Å². The van der Waals surface area contributed by atoms with Crippen molar-refractivity contribution in [3.05, 3.63) is 96.2 Å². The van der Waals surface area contributed by atoms with Gasteiger partial charge in [-0.05, 0) is 42.5 Å². The minimum Gasteiger partial charge on any atom is -0.457 e. The van der Waals surface area contributed by atoms with E-state index in [1.165, 1.54) is 0 Å². The van der Waals surface area contributed by atoms with Gasteiger partial charge in [0.25, 0.3) is 5.84 Å². The summed E-state index contributed by atoms with van der Waals surface area (Å²) in [7, 11) is 0. The summed E-state index contributed by atoms with van der Waals surface area (Å²) in [6.45, 7) is 0. The van der Waals surface area contributed by atoms with E-state index in [-0.39, 0.29) is 4.59 Å². The predicted octanol–water partition coefficient (Wildman–Crippen LogP) is 3.58. The zero-order chi connectivity index (χ0) is 19.0. The van der Waals surface area contributed by atoms with Crippen LogP contribution in [0.2, 0.25) is 0 Å². The van der Waals surface area contributed by atoms with E-state index in [4.69, 9.17) is 15.6 Å². The Morgan fingerprint density at radius 1 is 0.929 bits per heavy atom. The lowest BCUT2D eigenvalue weighted by atomic mass is 10.1. The molecule has 2 aliphatic rings. The van der Waals surface area contributed by atoms with Crippen molar-refractivity contribution in [1.29, 1.82) is 0 Å². The molecule has 0 saturated heterocycles. The van der Waals surface area contributed by atoms with Crippen molar-refractivity contribution in [3.8, 4) is 11.5 Å². The van der Waals surface area contributed by atoms with Gasteiger partial charge in [-0.1, -0.05) is 18.2 Å². The van der Waals surface area contributed by atoms with Crippen molar-refractivity contribution in [2.24, 2.45) is 15.8 Å². The van der Waals surface area contributed by atoms with Crippen LogP contribution in [0.25, 0.3) is 5.70 Å². The molecule has 0 fully saturated rings. The second-order valence-corrected chi connectivity index (χ2v) is 6.43. The summed E-state index contributed by atoms with van der Waals surface area (Å²) in [4.78, 5) is 9.05. The number of aromatic amines is 1. The molecular formula is C21H17N6O+. The van der Waals surface area contributed by atoms with Crippen LogP contribution < -0.4 is 10.6 Å². The molecule has 7 heteroatoms. The van der Waals surface area contributed by atoms with Crippen LogP contribution in [0, 0.1) is 0 Å². The second-order valence-electron chi connectivity index (χ2n) is 6.43. The van der Waals surface area contributed by atoms with Crippen molar-refractivity contribution < 1.29 is 9.33 Å². The van der Waals surface area contributed by atoms with E-state index in [0.717, 1.165) is 34.2 Å². The van der Waals surface area contributed by atoms with E-state index in [1.807, 2.05) is 66.9 Å². The number of allylic oxidation sites excluding steroid dienone is 1. The van der Waals surface area contributed by atoms with Crippen LogP contribution in [0.4, 0.5) is 0 Å². The lowest BCUT2D eigenvalue weighted by Gasteiger charge is -2.26. The highest BCUT2D eigenvalue weighted by Gasteiger charge is 2.44. The van der Waals surface area contributed by atoms with E-state index >= 15 is 0 Å². The number of H-pyrrole nitrogens is 1. The maximum Gasteiger partial charge on any atom is 0.265 e. The van der Waals surface area contributed by atoms with Gasteiger partial charge < -0.3 is 4.74 Å². The molecule has 0 amide bonds. The molecule has 28 heavy (non-hydrogen) atoms. The molecule has 0 bridgehead atoms. The maximum atomic E-state index is 6.70. The van der Waals surface area contributed by atoms with Crippen LogP contribution in [-0.2, 0) is 0 Å². The Kier molecular flexibility index (Phi) is 3.75. The summed E-state index contributed by atoms with van der Waals surface area (Å²) in [5, 5.41) is 6.97. The Hall–Kier alpha value is -3.81. The summed E-state index contributed by atoms with van der Waals surface area (Å²) in [5.41, 5.74) is 3.21. The third kappa shape index (κ3) is 2.66. The Morgan fingerprint density at radius 3 is 2.46 bits per heavy atom. The highest BCUT2D eigenvalue weighted by Crippen LogP contribution is 2.35. The smallest absolute Gasteiger partial charge is 0.265 e. The molecule has 1 aromatic heterocycles. The summed E-state index contributed by atoms with van der Waals surface area (Å²) in [6, 6.07) is 19.3. The lowest BCUT2D eigenvalue weighted by Crippen LogP contribution is -2.53. The van der Waals surface area contributed by atoms with Crippen molar-refractivity contribution in [1.82, 2.24) is 10.2 Å². The molecule has 0 aliphatic carbocycles. The number of nitrogens with one attached hydrogen (secondary N) is 1. The number of hydrogen-bond acceptors (Lipinski definition) is 5. The van der Waals surface area contributed by atoms with Crippen LogP contribution in [0.1, 0.15) is 11.3 Å². The average molecular weight is 369 g/mol. The molecule has 0 radical (unpaired) electrons. The Morgan fingerprint density at radius 2 is 1.71 bits per heavy atom. The van der Waals surface area contributed by atoms with Gasteiger partial charge in [0.15, 0.2) is 5.70 Å². The molecule has 0 spiro atoms. The molecule has 2 aliphatic heterocycles. The van der Waals surface area contributed by atoms with Crippen LogP contribution in [0.15, 0.2) is 94.9 Å². The van der Waals surface area contributed by atoms with Gasteiger partial charge >= 0.3 is 0 Å². The first kappa shape index (κ1) is 16.4. The standard InChI is InChI=1S/C21H17N6O/c22-27-13-12-23-14-19(27)20(18-10-11-24-26-18)25-21(27)15-6-8-17(9-7-15)28-16-4-2-1-3-5-16/h1-14H,22H2,(H,24,26)/q+1. The van der Waals surface area contributed by atoms with E-state index in [2.05, 4.69) is 15.2 Å². The maximum absolute atomic E-state index is 6.70. The molecule has 1 unspecified atom stereocenters. The third-order valence-electron chi connectivity index (χ3n) is 4.64. The molecule has 1 atom stereocenters. The molecule has 136 valence electrons. The van der Waals surface area contributed by atoms with Gasteiger partial charge in [-0.15, -0.1) is 4.59 Å². The Bertz CT molecular complexity index is 1130. The number of ether oxygens (including phenoxy) is 1. The zero-order valence-corrected chi connectivity index (χ0v) is 14.9. The zero-order valence-electron chi connectivity index (χ0n) is 14.9. The summed E-state index contributed by atoms with van der Waals surface area (Å²) in [5.74, 6) is 8.94. The first-order valence-electron chi connectivity index (χ1n) is 8.79. The number of amidine groups is 1. The largest absolute Gasteiger partial charge is 0.457 e. The monoisotopic (exact) mass is 369 g/mol. The van der Waals surface area contributed by atoms with Gasteiger partial charge in [0.2, 0.25) is 5.70 Å². The second kappa shape index (κ2) is 6.41. The van der Waals surface area contributed by atoms with Crippen molar-refractivity contribution in [2.75, 3.05) is 0 Å². The minimum absolute atomic E-state index is 0.0449. The van der Waals surface area contributed by atoms with E-state index in [0.29, 0.717) is 5.84 Å². The normalized spacial score (nSPS) is 20.2. The number of nitrogens with zero attached hydrogens (tertiary/aromatic N) is 4. The number of para-hydroxylation sites is 1. The minimum atomic E-state index is -0.0449. The fourth-order valence-electron chi connectivity index (χ4n) is 3.26. The van der Waals surface area contributed by atoms with Crippen molar-refractivity contribution >= 4 is 17.7 Å². The first-order valence-corrected chi connectivity index (χ1v) is 8.79. The molecule has 7 nitrogen and oxygen atoms in total. The third-order valence-corrected chi connectivity index (χ3v) is 4.64. The number of hydrogen-bond donors (Lipinski definition) is 2. The van der Waals surface area contributed by atoms with Crippen LogP contribution >= 0.6 is 0 Å². The SMILES string of the molecule is N[N+]12C=CN=CC1=C(c1ccn[nH]1)N=C2c1ccc(Oc2ccccc2)cc1. The van der Waals surface area contributed by atoms with Gasteiger partial charge in [-0.25, -0.2) is 0 Å². The first-order chi connectivity index (χ1) is 13.7. The van der Waals surface area contributed by atoms with E-state index < -0.39 is 0 Å². The Labute approximate surface area is 161 Å². The number of aliphatic imine (C=N–C) groups is 2. The number of rotatable bonds is 4. The number of fused-ring (bicyclic) bond motifs is 1. The van der Waals surface area contributed by atoms with Gasteiger partial charge in [0.05, 0.1) is 23.7 Å². The Balaban J connectivity index is 1.50.